The van der Waals surface area contributed by atoms with Gasteiger partial charge in [-0.1, -0.05) is 23.7 Å². The average Bonchev–Trinajstić information content (AvgIpc) is 2.96. The van der Waals surface area contributed by atoms with Gasteiger partial charge in [0.1, 0.15) is 5.69 Å². The van der Waals surface area contributed by atoms with Gasteiger partial charge in [-0.2, -0.15) is 13.2 Å². The third kappa shape index (κ3) is 2.59. The van der Waals surface area contributed by atoms with Crippen molar-refractivity contribution < 1.29 is 13.2 Å². The van der Waals surface area contributed by atoms with E-state index in [1.54, 1.807) is 18.2 Å². The molecule has 4 aromatic rings. The first-order valence-electron chi connectivity index (χ1n) is 7.04. The Bertz CT molecular complexity index is 1070. The summed E-state index contributed by atoms with van der Waals surface area (Å²) in [4.78, 5) is 11.7. The summed E-state index contributed by atoms with van der Waals surface area (Å²) in [5.41, 5.74) is 1.27. The van der Waals surface area contributed by atoms with Crippen LogP contribution in [0.1, 0.15) is 5.56 Å². The summed E-state index contributed by atoms with van der Waals surface area (Å²) >= 11 is 5.97. The maximum atomic E-state index is 12.8. The van der Waals surface area contributed by atoms with Gasteiger partial charge in [-0.05, 0) is 36.4 Å². The van der Waals surface area contributed by atoms with E-state index in [9.17, 15) is 13.2 Å². The molecule has 1 N–H and O–H groups in total. The minimum Gasteiger partial charge on any atom is -0.337 e. The monoisotopic (exact) mass is 347 g/mol. The molecule has 0 atom stereocenters. The van der Waals surface area contributed by atoms with Crippen LogP contribution in [0.2, 0.25) is 5.02 Å². The van der Waals surface area contributed by atoms with E-state index in [0.29, 0.717) is 33.1 Å². The number of pyridine rings is 1. The number of H-pyrrole nitrogens is 1. The highest BCUT2D eigenvalue weighted by atomic mass is 35.5. The molecule has 24 heavy (non-hydrogen) atoms. The molecule has 2 heterocycles. The van der Waals surface area contributed by atoms with Gasteiger partial charge in [0, 0.05) is 10.4 Å². The predicted octanol–water partition coefficient (Wildman–Crippen LogP) is 5.45. The molecule has 0 saturated heterocycles. The average molecular weight is 348 g/mol. The third-order valence-corrected chi connectivity index (χ3v) is 3.94. The number of alkyl halides is 3. The summed E-state index contributed by atoms with van der Waals surface area (Å²) in [6, 6.07) is 12.4. The lowest BCUT2D eigenvalue weighted by molar-refractivity contribution is -0.137. The number of aromatic nitrogens is 3. The lowest BCUT2D eigenvalue weighted by Crippen LogP contribution is -2.04. The fraction of sp³-hybridized carbons (Fsp3) is 0.0588. The van der Waals surface area contributed by atoms with E-state index in [4.69, 9.17) is 11.6 Å². The zero-order valence-electron chi connectivity index (χ0n) is 12.0. The van der Waals surface area contributed by atoms with E-state index in [0.717, 1.165) is 17.5 Å². The van der Waals surface area contributed by atoms with Gasteiger partial charge in [0.05, 0.1) is 22.1 Å². The number of aromatic amines is 1. The highest BCUT2D eigenvalue weighted by Crippen LogP contribution is 2.31. The lowest BCUT2D eigenvalue weighted by Gasteiger charge is -2.05. The van der Waals surface area contributed by atoms with Gasteiger partial charge in [-0.3, -0.25) is 0 Å². The molecule has 2 aromatic carbocycles. The molecule has 4 rings (SSSR count). The van der Waals surface area contributed by atoms with E-state index >= 15 is 0 Å². The number of imidazole rings is 1. The van der Waals surface area contributed by atoms with Crippen molar-refractivity contribution in [1.29, 1.82) is 0 Å². The van der Waals surface area contributed by atoms with Crippen molar-refractivity contribution in [2.24, 2.45) is 0 Å². The summed E-state index contributed by atoms with van der Waals surface area (Å²) in [6.07, 6.45) is -4.39. The standard InChI is InChI=1S/C17H9ClF3N3/c18-11-4-1-9-2-5-13(22-14(9)8-11)16-23-12-6-3-10(17(19,20)21)7-15(12)24-16/h1-8H,(H,23,24). The van der Waals surface area contributed by atoms with Gasteiger partial charge < -0.3 is 4.98 Å². The molecule has 7 heteroatoms. The van der Waals surface area contributed by atoms with E-state index in [2.05, 4.69) is 15.0 Å². The smallest absolute Gasteiger partial charge is 0.337 e. The molecule has 0 spiro atoms. The third-order valence-electron chi connectivity index (χ3n) is 3.71. The largest absolute Gasteiger partial charge is 0.416 e. The van der Waals surface area contributed by atoms with Crippen LogP contribution in [0.4, 0.5) is 13.2 Å². The highest BCUT2D eigenvalue weighted by molar-refractivity contribution is 6.31. The molecule has 0 aliphatic heterocycles. The number of rotatable bonds is 1. The van der Waals surface area contributed by atoms with Crippen LogP contribution in [-0.2, 0) is 6.18 Å². The number of hydrogen-bond acceptors (Lipinski definition) is 2. The number of nitrogens with one attached hydrogen (secondary N) is 1. The molecule has 0 bridgehead atoms. The Hall–Kier alpha value is -2.60. The summed E-state index contributed by atoms with van der Waals surface area (Å²) in [7, 11) is 0. The fourth-order valence-corrected chi connectivity index (χ4v) is 2.70. The second-order valence-electron chi connectivity index (χ2n) is 5.35. The van der Waals surface area contributed by atoms with Crippen LogP contribution in [0, 0.1) is 0 Å². The summed E-state index contributed by atoms with van der Waals surface area (Å²) in [5.74, 6) is 0.409. The minimum absolute atomic E-state index is 0.313. The van der Waals surface area contributed by atoms with Crippen molar-refractivity contribution in [3.05, 3.63) is 59.1 Å². The van der Waals surface area contributed by atoms with Gasteiger partial charge in [-0.15, -0.1) is 0 Å². The zero-order chi connectivity index (χ0) is 16.9. The maximum Gasteiger partial charge on any atom is 0.416 e. The Labute approximate surface area is 139 Å². The first kappa shape index (κ1) is 15.0. The molecule has 0 saturated carbocycles. The van der Waals surface area contributed by atoms with Gasteiger partial charge in [0.2, 0.25) is 0 Å². The summed E-state index contributed by atoms with van der Waals surface area (Å²) in [6.45, 7) is 0. The molecule has 0 radical (unpaired) electrons. The van der Waals surface area contributed by atoms with Crippen LogP contribution in [0.5, 0.6) is 0 Å². The normalized spacial score (nSPS) is 12.2. The van der Waals surface area contributed by atoms with Crippen molar-refractivity contribution in [1.82, 2.24) is 15.0 Å². The Morgan fingerprint density at radius 3 is 2.46 bits per heavy atom. The molecular formula is C17H9ClF3N3. The van der Waals surface area contributed by atoms with E-state index in [-0.39, 0.29) is 0 Å². The molecule has 2 aromatic heterocycles. The highest BCUT2D eigenvalue weighted by Gasteiger charge is 2.30. The van der Waals surface area contributed by atoms with Crippen LogP contribution < -0.4 is 0 Å². The Kier molecular flexibility index (Phi) is 3.25. The number of fused-ring (bicyclic) bond motifs is 2. The molecule has 0 aliphatic carbocycles. The second kappa shape index (κ2) is 5.21. The first-order valence-corrected chi connectivity index (χ1v) is 7.42. The van der Waals surface area contributed by atoms with Crippen molar-refractivity contribution in [3.63, 3.8) is 0 Å². The SMILES string of the molecule is FC(F)(F)c1ccc2nc(-c3ccc4ccc(Cl)cc4n3)[nH]c2c1. The Balaban J connectivity index is 1.84. The van der Waals surface area contributed by atoms with Gasteiger partial charge in [-0.25, -0.2) is 9.97 Å². The fourth-order valence-electron chi connectivity index (χ4n) is 2.53. The van der Waals surface area contributed by atoms with E-state index in [1.807, 2.05) is 12.1 Å². The van der Waals surface area contributed by atoms with Gasteiger partial charge in [0.25, 0.3) is 0 Å². The molecule has 0 aliphatic rings. The number of benzene rings is 2. The van der Waals surface area contributed by atoms with Crippen LogP contribution in [0.25, 0.3) is 33.5 Å². The number of nitrogens with zero attached hydrogens (tertiary/aromatic N) is 2. The molecule has 0 unspecified atom stereocenters. The van der Waals surface area contributed by atoms with Gasteiger partial charge in [0.15, 0.2) is 5.82 Å². The quantitative estimate of drug-likeness (QED) is 0.497. The molecule has 0 fully saturated rings. The Morgan fingerprint density at radius 1 is 0.875 bits per heavy atom. The van der Waals surface area contributed by atoms with E-state index in [1.165, 1.54) is 6.07 Å². The van der Waals surface area contributed by atoms with Gasteiger partial charge >= 0.3 is 6.18 Å². The van der Waals surface area contributed by atoms with Crippen molar-refractivity contribution in [2.75, 3.05) is 0 Å². The lowest BCUT2D eigenvalue weighted by atomic mass is 10.2. The second-order valence-corrected chi connectivity index (χ2v) is 5.79. The first-order chi connectivity index (χ1) is 11.4. The number of halogens is 4. The summed E-state index contributed by atoms with van der Waals surface area (Å²) < 4.78 is 38.4. The molecule has 120 valence electrons. The summed E-state index contributed by atoms with van der Waals surface area (Å²) in [5, 5.41) is 1.48. The van der Waals surface area contributed by atoms with Crippen LogP contribution in [0.15, 0.2) is 48.5 Å². The van der Waals surface area contributed by atoms with Crippen LogP contribution in [-0.4, -0.2) is 15.0 Å². The number of hydrogen-bond donors (Lipinski definition) is 1. The van der Waals surface area contributed by atoms with Crippen LogP contribution in [0.3, 0.4) is 0 Å². The van der Waals surface area contributed by atoms with Crippen molar-refractivity contribution in [2.45, 2.75) is 6.18 Å². The van der Waals surface area contributed by atoms with Crippen molar-refractivity contribution >= 4 is 33.5 Å². The Morgan fingerprint density at radius 2 is 1.67 bits per heavy atom. The van der Waals surface area contributed by atoms with Crippen molar-refractivity contribution in [3.8, 4) is 11.5 Å². The van der Waals surface area contributed by atoms with E-state index < -0.39 is 11.7 Å². The minimum atomic E-state index is -4.39. The zero-order valence-corrected chi connectivity index (χ0v) is 12.8. The maximum absolute atomic E-state index is 12.8. The molecule has 0 amide bonds. The van der Waals surface area contributed by atoms with Crippen LogP contribution >= 0.6 is 11.6 Å². The molecular weight excluding hydrogens is 339 g/mol. The molecule has 3 nitrogen and oxygen atoms in total. The topological polar surface area (TPSA) is 41.6 Å². The predicted molar refractivity (Wildman–Crippen MR) is 86.8 cm³/mol.